The molecule has 1 aromatic rings. The van der Waals surface area contributed by atoms with Crippen LogP contribution in [0.1, 0.15) is 48.2 Å². The molecule has 3 rings (SSSR count). The molecule has 1 aromatic heterocycles. The van der Waals surface area contributed by atoms with Gasteiger partial charge in [0.15, 0.2) is 0 Å². The van der Waals surface area contributed by atoms with Gasteiger partial charge in [0.25, 0.3) is 0 Å². The summed E-state index contributed by atoms with van der Waals surface area (Å²) in [6, 6.07) is 0. The Kier molecular flexibility index (Phi) is 1.71. The summed E-state index contributed by atoms with van der Waals surface area (Å²) >= 11 is 0. The fourth-order valence-corrected chi connectivity index (χ4v) is 2.93. The lowest BCUT2D eigenvalue weighted by molar-refractivity contribution is 0.661. The van der Waals surface area contributed by atoms with Gasteiger partial charge in [0.1, 0.15) is 0 Å². The van der Waals surface area contributed by atoms with E-state index >= 15 is 0 Å². The van der Waals surface area contributed by atoms with Gasteiger partial charge in [0, 0.05) is 11.4 Å². The third kappa shape index (κ3) is 1.13. The highest BCUT2D eigenvalue weighted by Gasteiger charge is 2.21. The summed E-state index contributed by atoms with van der Waals surface area (Å²) < 4.78 is 0. The second kappa shape index (κ2) is 2.90. The zero-order valence-corrected chi connectivity index (χ0v) is 8.16. The number of fused-ring (bicyclic) bond motifs is 3. The van der Waals surface area contributed by atoms with Gasteiger partial charge < -0.3 is 4.98 Å². The third-order valence-corrected chi connectivity index (χ3v) is 3.60. The standard InChI is InChI=1S/C12H17N/c1-3-7-11-9(5-1)10-6-2-4-8-12(10)13-11/h13H,1-8H2. The van der Waals surface area contributed by atoms with Gasteiger partial charge in [-0.25, -0.2) is 0 Å². The van der Waals surface area contributed by atoms with Crippen LogP contribution in [-0.4, -0.2) is 4.98 Å². The number of nitrogens with one attached hydrogen (secondary N) is 1. The van der Waals surface area contributed by atoms with Crippen molar-refractivity contribution in [1.29, 1.82) is 0 Å². The second-order valence-electron chi connectivity index (χ2n) is 4.45. The molecule has 0 aliphatic heterocycles. The van der Waals surface area contributed by atoms with Crippen LogP contribution in [-0.2, 0) is 25.7 Å². The summed E-state index contributed by atoms with van der Waals surface area (Å²) in [5, 5.41) is 0. The second-order valence-corrected chi connectivity index (χ2v) is 4.45. The number of hydrogen-bond acceptors (Lipinski definition) is 0. The topological polar surface area (TPSA) is 15.8 Å². The Bertz CT molecular complexity index is 292. The molecule has 13 heavy (non-hydrogen) atoms. The van der Waals surface area contributed by atoms with Crippen molar-refractivity contribution in [3.05, 3.63) is 22.5 Å². The number of rotatable bonds is 0. The SMILES string of the molecule is C1CCc2c([nH]c3c2CCCC3)C1. The monoisotopic (exact) mass is 175 g/mol. The van der Waals surface area contributed by atoms with Crippen molar-refractivity contribution in [2.24, 2.45) is 0 Å². The predicted octanol–water partition coefficient (Wildman–Crippen LogP) is 2.77. The predicted molar refractivity (Wildman–Crippen MR) is 54.1 cm³/mol. The first-order valence-corrected chi connectivity index (χ1v) is 5.66. The smallest absolute Gasteiger partial charge is 0.0184 e. The van der Waals surface area contributed by atoms with E-state index in [9.17, 15) is 0 Å². The molecule has 0 radical (unpaired) electrons. The van der Waals surface area contributed by atoms with Crippen LogP contribution in [0.4, 0.5) is 0 Å². The lowest BCUT2D eigenvalue weighted by atomic mass is 9.89. The van der Waals surface area contributed by atoms with Gasteiger partial charge in [-0.2, -0.15) is 0 Å². The highest BCUT2D eigenvalue weighted by molar-refractivity contribution is 5.39. The molecule has 1 heterocycles. The van der Waals surface area contributed by atoms with E-state index in [1.807, 2.05) is 0 Å². The van der Waals surface area contributed by atoms with Crippen LogP contribution in [0.15, 0.2) is 0 Å². The molecular weight excluding hydrogens is 158 g/mol. The number of hydrogen-bond donors (Lipinski definition) is 1. The minimum Gasteiger partial charge on any atom is -0.362 e. The van der Waals surface area contributed by atoms with E-state index in [4.69, 9.17) is 0 Å². The van der Waals surface area contributed by atoms with Crippen LogP contribution in [0.3, 0.4) is 0 Å². The van der Waals surface area contributed by atoms with E-state index in [2.05, 4.69) is 4.98 Å². The zero-order chi connectivity index (χ0) is 8.67. The van der Waals surface area contributed by atoms with Crippen LogP contribution in [0, 0.1) is 0 Å². The summed E-state index contributed by atoms with van der Waals surface area (Å²) in [5.41, 5.74) is 6.58. The normalized spacial score (nSPS) is 20.9. The van der Waals surface area contributed by atoms with Gasteiger partial charge in [-0.05, 0) is 62.5 Å². The van der Waals surface area contributed by atoms with E-state index in [1.54, 1.807) is 22.5 Å². The maximum Gasteiger partial charge on any atom is 0.0184 e. The van der Waals surface area contributed by atoms with Crippen molar-refractivity contribution >= 4 is 0 Å². The van der Waals surface area contributed by atoms with E-state index in [-0.39, 0.29) is 0 Å². The van der Waals surface area contributed by atoms with E-state index in [0.717, 1.165) is 0 Å². The molecule has 0 aromatic carbocycles. The average Bonchev–Trinajstić information content (AvgIpc) is 2.56. The van der Waals surface area contributed by atoms with Crippen molar-refractivity contribution in [1.82, 2.24) is 4.98 Å². The molecule has 0 spiro atoms. The Morgan fingerprint density at radius 3 is 1.62 bits per heavy atom. The molecule has 1 heteroatoms. The van der Waals surface area contributed by atoms with Crippen LogP contribution in [0.5, 0.6) is 0 Å². The summed E-state index contributed by atoms with van der Waals surface area (Å²) in [6.07, 6.45) is 10.9. The number of H-pyrrole nitrogens is 1. The molecule has 1 N–H and O–H groups in total. The number of aromatic amines is 1. The first-order chi connectivity index (χ1) is 6.45. The average molecular weight is 175 g/mol. The first kappa shape index (κ1) is 7.66. The van der Waals surface area contributed by atoms with Crippen molar-refractivity contribution in [3.63, 3.8) is 0 Å². The maximum atomic E-state index is 3.65. The van der Waals surface area contributed by atoms with Gasteiger partial charge in [0.05, 0.1) is 0 Å². The Balaban J connectivity index is 2.09. The quantitative estimate of drug-likeness (QED) is 0.624. The van der Waals surface area contributed by atoms with Gasteiger partial charge in [-0.15, -0.1) is 0 Å². The van der Waals surface area contributed by atoms with Gasteiger partial charge in [-0.1, -0.05) is 0 Å². The fraction of sp³-hybridized carbons (Fsp3) is 0.667. The van der Waals surface area contributed by atoms with Crippen LogP contribution in [0.25, 0.3) is 0 Å². The van der Waals surface area contributed by atoms with Crippen molar-refractivity contribution in [2.45, 2.75) is 51.4 Å². The molecule has 2 aliphatic rings. The molecule has 1 nitrogen and oxygen atoms in total. The van der Waals surface area contributed by atoms with Crippen molar-refractivity contribution in [3.8, 4) is 0 Å². The molecule has 70 valence electrons. The lowest BCUT2D eigenvalue weighted by Crippen LogP contribution is -2.04. The van der Waals surface area contributed by atoms with Gasteiger partial charge in [-0.3, -0.25) is 0 Å². The zero-order valence-electron chi connectivity index (χ0n) is 8.16. The highest BCUT2D eigenvalue weighted by Crippen LogP contribution is 2.31. The molecule has 2 aliphatic carbocycles. The van der Waals surface area contributed by atoms with Crippen molar-refractivity contribution in [2.75, 3.05) is 0 Å². The molecule has 0 bridgehead atoms. The summed E-state index contributed by atoms with van der Waals surface area (Å²) in [5.74, 6) is 0. The van der Waals surface area contributed by atoms with Gasteiger partial charge >= 0.3 is 0 Å². The highest BCUT2D eigenvalue weighted by atomic mass is 14.7. The molecule has 0 saturated carbocycles. The van der Waals surface area contributed by atoms with E-state index in [1.165, 1.54) is 51.4 Å². The largest absolute Gasteiger partial charge is 0.362 e. The Morgan fingerprint density at radius 1 is 0.615 bits per heavy atom. The number of aromatic nitrogens is 1. The van der Waals surface area contributed by atoms with Crippen LogP contribution >= 0.6 is 0 Å². The van der Waals surface area contributed by atoms with Gasteiger partial charge in [0.2, 0.25) is 0 Å². The van der Waals surface area contributed by atoms with Crippen LogP contribution in [0.2, 0.25) is 0 Å². The van der Waals surface area contributed by atoms with E-state index < -0.39 is 0 Å². The summed E-state index contributed by atoms with van der Waals surface area (Å²) in [6.45, 7) is 0. The fourth-order valence-electron chi connectivity index (χ4n) is 2.93. The Labute approximate surface area is 79.5 Å². The molecule has 0 amide bonds. The van der Waals surface area contributed by atoms with Crippen molar-refractivity contribution < 1.29 is 0 Å². The Morgan fingerprint density at radius 2 is 1.08 bits per heavy atom. The molecule has 0 saturated heterocycles. The molecule has 0 fully saturated rings. The van der Waals surface area contributed by atoms with E-state index in [0.29, 0.717) is 0 Å². The number of aryl methyl sites for hydroxylation is 2. The first-order valence-electron chi connectivity index (χ1n) is 5.66. The summed E-state index contributed by atoms with van der Waals surface area (Å²) in [7, 11) is 0. The third-order valence-electron chi connectivity index (χ3n) is 3.60. The maximum absolute atomic E-state index is 3.65. The van der Waals surface area contributed by atoms with Crippen LogP contribution < -0.4 is 0 Å². The minimum atomic E-state index is 1.31. The lowest BCUT2D eigenvalue weighted by Gasteiger charge is -2.14. The molecule has 0 atom stereocenters. The Hall–Kier alpha value is -0.720. The molecular formula is C12H17N. The molecule has 0 unspecified atom stereocenters. The minimum absolute atomic E-state index is 1.31. The summed E-state index contributed by atoms with van der Waals surface area (Å²) in [4.78, 5) is 3.65.